The minimum atomic E-state index is -0.466. The third kappa shape index (κ3) is 3.50. The number of carbonyl (C=O) groups is 1. The van der Waals surface area contributed by atoms with Crippen LogP contribution < -0.4 is 14.2 Å². The molecular weight excluding hydrogens is 380 g/mol. The SMILES string of the molecule is COc1cc(C(=O)OCc2cc3ccccc3c3ccccc23)cc(OC)c1OC. The maximum atomic E-state index is 12.8. The van der Waals surface area contributed by atoms with E-state index in [0.29, 0.717) is 22.8 Å². The van der Waals surface area contributed by atoms with Gasteiger partial charge in [0.15, 0.2) is 11.5 Å². The molecule has 4 rings (SSSR count). The van der Waals surface area contributed by atoms with Crippen LogP contribution in [0.4, 0.5) is 0 Å². The van der Waals surface area contributed by atoms with Crippen LogP contribution in [0.25, 0.3) is 21.5 Å². The highest BCUT2D eigenvalue weighted by Gasteiger charge is 2.18. The van der Waals surface area contributed by atoms with E-state index in [1.165, 1.54) is 26.7 Å². The molecule has 0 amide bonds. The number of hydrogen-bond acceptors (Lipinski definition) is 5. The molecule has 0 spiro atoms. The number of esters is 1. The Bertz CT molecular complexity index is 1200. The van der Waals surface area contributed by atoms with Gasteiger partial charge in [0.2, 0.25) is 5.75 Å². The largest absolute Gasteiger partial charge is 0.493 e. The molecule has 0 radical (unpaired) electrons. The molecule has 5 nitrogen and oxygen atoms in total. The van der Waals surface area contributed by atoms with Crippen molar-refractivity contribution in [1.29, 1.82) is 0 Å². The topological polar surface area (TPSA) is 54.0 Å². The van der Waals surface area contributed by atoms with Crippen molar-refractivity contribution in [3.63, 3.8) is 0 Å². The van der Waals surface area contributed by atoms with Crippen molar-refractivity contribution in [1.82, 2.24) is 0 Å². The Hall–Kier alpha value is -3.73. The molecule has 0 aliphatic heterocycles. The van der Waals surface area contributed by atoms with Crippen molar-refractivity contribution in [3.05, 3.63) is 77.9 Å². The first kappa shape index (κ1) is 19.6. The molecule has 0 bridgehead atoms. The molecule has 0 aliphatic carbocycles. The summed E-state index contributed by atoms with van der Waals surface area (Å²) in [5.41, 5.74) is 1.28. The highest BCUT2D eigenvalue weighted by atomic mass is 16.5. The van der Waals surface area contributed by atoms with Crippen LogP contribution in [-0.4, -0.2) is 27.3 Å². The van der Waals surface area contributed by atoms with Crippen molar-refractivity contribution < 1.29 is 23.7 Å². The summed E-state index contributed by atoms with van der Waals surface area (Å²) in [6.07, 6.45) is 0. The Morgan fingerprint density at radius 3 is 1.97 bits per heavy atom. The third-order valence-corrected chi connectivity index (χ3v) is 5.11. The number of fused-ring (bicyclic) bond motifs is 3. The van der Waals surface area contributed by atoms with Gasteiger partial charge in [-0.3, -0.25) is 0 Å². The zero-order valence-corrected chi connectivity index (χ0v) is 17.1. The van der Waals surface area contributed by atoms with E-state index in [-0.39, 0.29) is 6.61 Å². The van der Waals surface area contributed by atoms with E-state index in [0.717, 1.165) is 21.7 Å². The number of carbonyl (C=O) groups excluding carboxylic acids is 1. The van der Waals surface area contributed by atoms with Crippen LogP contribution >= 0.6 is 0 Å². The van der Waals surface area contributed by atoms with Gasteiger partial charge in [-0.25, -0.2) is 4.79 Å². The molecule has 0 aromatic heterocycles. The minimum absolute atomic E-state index is 0.154. The number of hydrogen-bond donors (Lipinski definition) is 0. The lowest BCUT2D eigenvalue weighted by molar-refractivity contribution is 0.0473. The van der Waals surface area contributed by atoms with Crippen LogP contribution in [0.1, 0.15) is 15.9 Å². The van der Waals surface area contributed by atoms with Gasteiger partial charge in [0.25, 0.3) is 0 Å². The summed E-state index contributed by atoms with van der Waals surface area (Å²) >= 11 is 0. The summed E-state index contributed by atoms with van der Waals surface area (Å²) in [7, 11) is 4.53. The zero-order valence-electron chi connectivity index (χ0n) is 17.1. The molecule has 0 saturated heterocycles. The van der Waals surface area contributed by atoms with Crippen LogP contribution in [0.2, 0.25) is 0 Å². The molecule has 152 valence electrons. The second-order valence-corrected chi connectivity index (χ2v) is 6.79. The van der Waals surface area contributed by atoms with Crippen LogP contribution in [0, 0.1) is 0 Å². The standard InChI is InChI=1S/C25H22O5/c1-27-22-13-17(14-23(28-2)24(22)29-3)25(26)30-15-18-12-16-8-4-5-9-19(16)21-11-7-6-10-20(18)21/h4-14H,15H2,1-3H3. The highest BCUT2D eigenvalue weighted by Crippen LogP contribution is 2.38. The summed E-state index contributed by atoms with van der Waals surface area (Å²) in [6, 6.07) is 21.6. The lowest BCUT2D eigenvalue weighted by atomic mass is 9.97. The Morgan fingerprint density at radius 1 is 0.733 bits per heavy atom. The van der Waals surface area contributed by atoms with E-state index in [1.54, 1.807) is 12.1 Å². The van der Waals surface area contributed by atoms with Crippen LogP contribution in [-0.2, 0) is 11.3 Å². The van der Waals surface area contributed by atoms with Gasteiger partial charge < -0.3 is 18.9 Å². The summed E-state index contributed by atoms with van der Waals surface area (Å²) < 4.78 is 21.6. The predicted molar refractivity (Wildman–Crippen MR) is 117 cm³/mol. The van der Waals surface area contributed by atoms with Crippen molar-refractivity contribution in [2.75, 3.05) is 21.3 Å². The molecule has 0 heterocycles. The Kier molecular flexibility index (Phi) is 5.44. The molecule has 30 heavy (non-hydrogen) atoms. The fourth-order valence-corrected chi connectivity index (χ4v) is 3.68. The molecule has 0 saturated carbocycles. The van der Waals surface area contributed by atoms with Crippen LogP contribution in [0.5, 0.6) is 17.2 Å². The van der Waals surface area contributed by atoms with Gasteiger partial charge in [-0.2, -0.15) is 0 Å². The number of rotatable bonds is 6. The van der Waals surface area contributed by atoms with Gasteiger partial charge in [-0.15, -0.1) is 0 Å². The smallest absolute Gasteiger partial charge is 0.338 e. The van der Waals surface area contributed by atoms with E-state index in [4.69, 9.17) is 18.9 Å². The predicted octanol–water partition coefficient (Wildman–Crippen LogP) is 5.38. The van der Waals surface area contributed by atoms with Gasteiger partial charge in [-0.05, 0) is 45.3 Å². The van der Waals surface area contributed by atoms with Crippen molar-refractivity contribution in [2.45, 2.75) is 6.61 Å². The van der Waals surface area contributed by atoms with E-state index >= 15 is 0 Å². The molecule has 4 aromatic carbocycles. The average molecular weight is 402 g/mol. The minimum Gasteiger partial charge on any atom is -0.493 e. The fraction of sp³-hybridized carbons (Fsp3) is 0.160. The Morgan fingerprint density at radius 2 is 1.33 bits per heavy atom. The summed E-state index contributed by atoms with van der Waals surface area (Å²) in [6.45, 7) is 0.154. The van der Waals surface area contributed by atoms with E-state index in [1.807, 2.05) is 30.3 Å². The van der Waals surface area contributed by atoms with Crippen LogP contribution in [0.15, 0.2) is 66.7 Å². The quantitative estimate of drug-likeness (QED) is 0.320. The molecule has 4 aromatic rings. The summed E-state index contributed by atoms with van der Waals surface area (Å²) in [5, 5.41) is 4.48. The second-order valence-electron chi connectivity index (χ2n) is 6.79. The Labute approximate surface area is 174 Å². The lowest BCUT2D eigenvalue weighted by Gasteiger charge is -2.14. The monoisotopic (exact) mass is 402 g/mol. The van der Waals surface area contributed by atoms with E-state index < -0.39 is 5.97 Å². The van der Waals surface area contributed by atoms with Gasteiger partial charge in [0.05, 0.1) is 26.9 Å². The average Bonchev–Trinajstić information content (AvgIpc) is 2.81. The number of ether oxygens (including phenoxy) is 4. The van der Waals surface area contributed by atoms with Gasteiger partial charge >= 0.3 is 5.97 Å². The van der Waals surface area contributed by atoms with Crippen molar-refractivity contribution in [2.24, 2.45) is 0 Å². The molecular formula is C25H22O5. The molecule has 0 aliphatic rings. The Balaban J connectivity index is 1.67. The fourth-order valence-electron chi connectivity index (χ4n) is 3.68. The first-order chi connectivity index (χ1) is 14.7. The summed E-state index contributed by atoms with van der Waals surface area (Å²) in [5.74, 6) is 0.767. The third-order valence-electron chi connectivity index (χ3n) is 5.11. The number of methoxy groups -OCH3 is 3. The maximum absolute atomic E-state index is 12.8. The lowest BCUT2D eigenvalue weighted by Crippen LogP contribution is -2.07. The second kappa shape index (κ2) is 8.33. The highest BCUT2D eigenvalue weighted by molar-refractivity contribution is 6.09. The van der Waals surface area contributed by atoms with E-state index in [9.17, 15) is 4.79 Å². The molecule has 0 fully saturated rings. The summed E-state index contributed by atoms with van der Waals surface area (Å²) in [4.78, 5) is 12.8. The van der Waals surface area contributed by atoms with E-state index in [2.05, 4.69) is 24.3 Å². The number of benzene rings is 4. The molecule has 0 unspecified atom stereocenters. The van der Waals surface area contributed by atoms with Crippen molar-refractivity contribution in [3.8, 4) is 17.2 Å². The van der Waals surface area contributed by atoms with Gasteiger partial charge in [0, 0.05) is 0 Å². The molecule has 0 atom stereocenters. The van der Waals surface area contributed by atoms with Gasteiger partial charge in [0.1, 0.15) is 6.61 Å². The first-order valence-electron chi connectivity index (χ1n) is 9.52. The maximum Gasteiger partial charge on any atom is 0.338 e. The van der Waals surface area contributed by atoms with Crippen LogP contribution in [0.3, 0.4) is 0 Å². The van der Waals surface area contributed by atoms with Crippen molar-refractivity contribution >= 4 is 27.5 Å². The molecule has 5 heteroatoms. The van der Waals surface area contributed by atoms with Gasteiger partial charge in [-0.1, -0.05) is 48.5 Å². The normalized spacial score (nSPS) is 10.8. The first-order valence-corrected chi connectivity index (χ1v) is 9.52. The molecule has 0 N–H and O–H groups in total. The zero-order chi connectivity index (χ0) is 21.1.